The Kier molecular flexibility index (Phi) is 5.65. The minimum Gasteiger partial charge on any atom is -0.334 e. The first-order valence-corrected chi connectivity index (χ1v) is 7.90. The number of hydrogen-bond acceptors (Lipinski definition) is 1. The van der Waals surface area contributed by atoms with Gasteiger partial charge in [-0.25, -0.2) is 4.79 Å². The summed E-state index contributed by atoms with van der Waals surface area (Å²) >= 11 is 3.47. The van der Waals surface area contributed by atoms with Crippen LogP contribution in [0.15, 0.2) is 40.5 Å². The Morgan fingerprint density at radius 2 is 2.05 bits per heavy atom. The largest absolute Gasteiger partial charge is 0.334 e. The zero-order valence-electron chi connectivity index (χ0n) is 11.8. The molecule has 1 aromatic rings. The predicted octanol–water partition coefficient (Wildman–Crippen LogP) is 4.34. The lowest BCUT2D eigenvalue weighted by Gasteiger charge is -2.11. The van der Waals surface area contributed by atoms with Gasteiger partial charge in [0.05, 0.1) is 0 Å². The predicted molar refractivity (Wildman–Crippen MR) is 85.2 cm³/mol. The maximum Gasteiger partial charge on any atom is 0.319 e. The highest BCUT2D eigenvalue weighted by atomic mass is 79.9. The zero-order chi connectivity index (χ0) is 14.4. The van der Waals surface area contributed by atoms with E-state index in [1.807, 2.05) is 30.5 Å². The van der Waals surface area contributed by atoms with Crippen LogP contribution in [0.25, 0.3) is 0 Å². The minimum atomic E-state index is -0.155. The third-order valence-corrected chi connectivity index (χ3v) is 4.60. The maximum absolute atomic E-state index is 11.8. The summed E-state index contributed by atoms with van der Waals surface area (Å²) in [5.74, 6) is 0.651. The van der Waals surface area contributed by atoms with E-state index in [9.17, 15) is 4.79 Å². The maximum atomic E-state index is 11.8. The summed E-state index contributed by atoms with van der Waals surface area (Å²) in [7, 11) is 0. The number of nitrogens with one attached hydrogen (secondary N) is 2. The topological polar surface area (TPSA) is 41.1 Å². The van der Waals surface area contributed by atoms with E-state index < -0.39 is 0 Å². The number of rotatable bonds is 4. The van der Waals surface area contributed by atoms with Gasteiger partial charge in [-0.15, -0.1) is 0 Å². The zero-order valence-corrected chi connectivity index (χ0v) is 13.4. The second kappa shape index (κ2) is 7.48. The highest BCUT2D eigenvalue weighted by molar-refractivity contribution is 9.10. The van der Waals surface area contributed by atoms with Crippen molar-refractivity contribution in [2.24, 2.45) is 5.92 Å². The molecule has 108 valence electrons. The van der Waals surface area contributed by atoms with Crippen LogP contribution in [0.4, 0.5) is 4.79 Å². The van der Waals surface area contributed by atoms with Crippen LogP contribution in [0, 0.1) is 5.92 Å². The number of carbonyl (C=O) groups excluding carboxylic acids is 1. The van der Waals surface area contributed by atoms with E-state index >= 15 is 0 Å². The van der Waals surface area contributed by atoms with Gasteiger partial charge in [0.2, 0.25) is 0 Å². The highest BCUT2D eigenvalue weighted by Gasteiger charge is 2.16. The molecular weight excluding hydrogens is 316 g/mol. The second-order valence-electron chi connectivity index (χ2n) is 5.29. The third-order valence-electron chi connectivity index (χ3n) is 3.83. The average molecular weight is 337 g/mol. The fraction of sp³-hybridized carbons (Fsp3) is 0.438. The number of halogens is 1. The lowest BCUT2D eigenvalue weighted by Crippen LogP contribution is -2.32. The fourth-order valence-electron chi connectivity index (χ4n) is 2.55. The summed E-state index contributed by atoms with van der Waals surface area (Å²) in [6.45, 7) is 2.62. The van der Waals surface area contributed by atoms with Crippen LogP contribution >= 0.6 is 15.9 Å². The molecule has 0 atom stereocenters. The summed E-state index contributed by atoms with van der Waals surface area (Å²) in [5.41, 5.74) is 2.35. The Balaban J connectivity index is 1.78. The van der Waals surface area contributed by atoms with E-state index in [2.05, 4.69) is 33.5 Å². The van der Waals surface area contributed by atoms with E-state index in [0.717, 1.165) is 10.0 Å². The van der Waals surface area contributed by atoms with Crippen molar-refractivity contribution < 1.29 is 4.79 Å². The van der Waals surface area contributed by atoms with Gasteiger partial charge in [-0.05, 0) is 37.3 Å². The third kappa shape index (κ3) is 4.37. The molecule has 1 aliphatic rings. The molecule has 0 heterocycles. The number of allylic oxidation sites excluding steroid dienone is 1. The van der Waals surface area contributed by atoms with Gasteiger partial charge < -0.3 is 10.6 Å². The van der Waals surface area contributed by atoms with Crippen molar-refractivity contribution in [1.29, 1.82) is 0 Å². The molecular formula is C16H21BrN2O. The number of benzene rings is 1. The molecule has 4 heteroatoms. The SMILES string of the molecule is C/C(=C\NC(=O)NCc1ccccc1Br)C1CCCC1. The van der Waals surface area contributed by atoms with Gasteiger partial charge in [-0.2, -0.15) is 0 Å². The van der Waals surface area contributed by atoms with Crippen molar-refractivity contribution >= 4 is 22.0 Å². The average Bonchev–Trinajstić information content (AvgIpc) is 2.98. The molecule has 2 rings (SSSR count). The van der Waals surface area contributed by atoms with Crippen LogP contribution in [0.2, 0.25) is 0 Å². The van der Waals surface area contributed by atoms with Crippen molar-refractivity contribution in [3.63, 3.8) is 0 Å². The van der Waals surface area contributed by atoms with E-state index in [4.69, 9.17) is 0 Å². The van der Waals surface area contributed by atoms with Gasteiger partial charge in [-0.3, -0.25) is 0 Å². The van der Waals surface area contributed by atoms with Crippen molar-refractivity contribution in [2.45, 2.75) is 39.2 Å². The van der Waals surface area contributed by atoms with E-state index in [1.54, 1.807) is 0 Å². The smallest absolute Gasteiger partial charge is 0.319 e. The summed E-state index contributed by atoms with van der Waals surface area (Å²) in [4.78, 5) is 11.8. The first-order chi connectivity index (χ1) is 9.66. The standard InChI is InChI=1S/C16H21BrN2O/c1-12(13-6-2-3-7-13)10-18-16(20)19-11-14-8-4-5-9-15(14)17/h4-5,8-10,13H,2-3,6-7,11H2,1H3,(H2,18,19,20)/b12-10+. The normalized spacial score (nSPS) is 16.2. The van der Waals surface area contributed by atoms with Crippen LogP contribution in [0.1, 0.15) is 38.2 Å². The van der Waals surface area contributed by atoms with E-state index in [1.165, 1.54) is 31.3 Å². The Bertz CT molecular complexity index is 493. The Morgan fingerprint density at radius 3 is 2.75 bits per heavy atom. The fourth-order valence-corrected chi connectivity index (χ4v) is 2.97. The van der Waals surface area contributed by atoms with Crippen LogP contribution < -0.4 is 10.6 Å². The van der Waals surface area contributed by atoms with Crippen molar-refractivity contribution in [2.75, 3.05) is 0 Å². The summed E-state index contributed by atoms with van der Waals surface area (Å²) in [6.07, 6.45) is 6.98. The summed E-state index contributed by atoms with van der Waals surface area (Å²) in [6, 6.07) is 7.73. The van der Waals surface area contributed by atoms with Gasteiger partial charge in [-0.1, -0.05) is 52.5 Å². The van der Waals surface area contributed by atoms with Gasteiger partial charge in [0.15, 0.2) is 0 Å². The molecule has 0 radical (unpaired) electrons. The van der Waals surface area contributed by atoms with Gasteiger partial charge in [0.25, 0.3) is 0 Å². The molecule has 1 fully saturated rings. The summed E-state index contributed by atoms with van der Waals surface area (Å²) < 4.78 is 1.01. The summed E-state index contributed by atoms with van der Waals surface area (Å²) in [5, 5.41) is 5.68. The van der Waals surface area contributed by atoms with Crippen LogP contribution in [-0.4, -0.2) is 6.03 Å². The Hall–Kier alpha value is -1.29. The molecule has 2 N–H and O–H groups in total. The number of amides is 2. The molecule has 0 spiro atoms. The lowest BCUT2D eigenvalue weighted by atomic mass is 10.0. The lowest BCUT2D eigenvalue weighted by molar-refractivity contribution is 0.243. The molecule has 0 bridgehead atoms. The Morgan fingerprint density at radius 1 is 1.35 bits per heavy atom. The molecule has 3 nitrogen and oxygen atoms in total. The molecule has 0 aliphatic heterocycles. The number of urea groups is 1. The molecule has 0 saturated heterocycles. The molecule has 20 heavy (non-hydrogen) atoms. The monoisotopic (exact) mass is 336 g/mol. The number of carbonyl (C=O) groups is 1. The van der Waals surface area contributed by atoms with Crippen molar-refractivity contribution in [1.82, 2.24) is 10.6 Å². The first-order valence-electron chi connectivity index (χ1n) is 7.11. The van der Waals surface area contributed by atoms with Crippen LogP contribution in [-0.2, 0) is 6.54 Å². The van der Waals surface area contributed by atoms with E-state index in [-0.39, 0.29) is 6.03 Å². The van der Waals surface area contributed by atoms with Crippen molar-refractivity contribution in [3.8, 4) is 0 Å². The van der Waals surface area contributed by atoms with E-state index in [0.29, 0.717) is 12.5 Å². The van der Waals surface area contributed by atoms with Crippen LogP contribution in [0.5, 0.6) is 0 Å². The molecule has 1 aliphatic carbocycles. The molecule has 2 amide bonds. The number of hydrogen-bond donors (Lipinski definition) is 2. The highest BCUT2D eigenvalue weighted by Crippen LogP contribution is 2.30. The van der Waals surface area contributed by atoms with Gasteiger partial charge in [0.1, 0.15) is 0 Å². The molecule has 1 aromatic carbocycles. The van der Waals surface area contributed by atoms with Crippen molar-refractivity contribution in [3.05, 3.63) is 46.1 Å². The quantitative estimate of drug-likeness (QED) is 0.843. The minimum absolute atomic E-state index is 0.155. The Labute approximate surface area is 129 Å². The molecule has 0 aromatic heterocycles. The molecule has 0 unspecified atom stereocenters. The second-order valence-corrected chi connectivity index (χ2v) is 6.14. The van der Waals surface area contributed by atoms with Crippen LogP contribution in [0.3, 0.4) is 0 Å². The van der Waals surface area contributed by atoms with Gasteiger partial charge in [0, 0.05) is 17.2 Å². The molecule has 1 saturated carbocycles. The van der Waals surface area contributed by atoms with Gasteiger partial charge >= 0.3 is 6.03 Å². The first kappa shape index (κ1) is 15.1.